The lowest BCUT2D eigenvalue weighted by Gasteiger charge is -2.30. The number of aryl methyl sites for hydroxylation is 1. The first-order valence-corrected chi connectivity index (χ1v) is 9.70. The van der Waals surface area contributed by atoms with Crippen LogP contribution in [0.4, 0.5) is 0 Å². The van der Waals surface area contributed by atoms with E-state index in [9.17, 15) is 0 Å². The lowest BCUT2D eigenvalue weighted by Crippen LogP contribution is -2.38. The Kier molecular flexibility index (Phi) is 6.48. The van der Waals surface area contributed by atoms with Gasteiger partial charge in [0.05, 0.1) is 0 Å². The number of likely N-dealkylation sites (tertiary alicyclic amines) is 1. The van der Waals surface area contributed by atoms with E-state index in [4.69, 9.17) is 0 Å². The smallest absolute Gasteiger partial charge is 0.0139 e. The van der Waals surface area contributed by atoms with Gasteiger partial charge in [-0.1, -0.05) is 74.0 Å². The van der Waals surface area contributed by atoms with Crippen molar-refractivity contribution in [3.63, 3.8) is 0 Å². The highest BCUT2D eigenvalue weighted by Crippen LogP contribution is 2.30. The van der Waals surface area contributed by atoms with E-state index in [0.29, 0.717) is 0 Å². The van der Waals surface area contributed by atoms with Crippen molar-refractivity contribution in [2.45, 2.75) is 64.0 Å². The van der Waals surface area contributed by atoms with Gasteiger partial charge in [0.1, 0.15) is 0 Å². The molecule has 2 aromatic rings. The molecule has 1 nitrogen and oxygen atoms in total. The van der Waals surface area contributed by atoms with Gasteiger partial charge in [-0.15, -0.1) is 0 Å². The molecule has 2 unspecified atom stereocenters. The zero-order valence-corrected chi connectivity index (χ0v) is 15.0. The minimum absolute atomic E-state index is 0.736. The van der Waals surface area contributed by atoms with Crippen molar-refractivity contribution in [2.24, 2.45) is 0 Å². The number of unbranched alkanes of at least 4 members (excludes halogenated alkanes) is 1. The van der Waals surface area contributed by atoms with Gasteiger partial charge in [0.25, 0.3) is 0 Å². The molecule has 0 bridgehead atoms. The molecule has 1 fully saturated rings. The van der Waals surface area contributed by atoms with Gasteiger partial charge in [0.2, 0.25) is 0 Å². The summed E-state index contributed by atoms with van der Waals surface area (Å²) in [7, 11) is 0. The fourth-order valence-corrected chi connectivity index (χ4v) is 4.11. The van der Waals surface area contributed by atoms with E-state index in [1.807, 2.05) is 0 Å². The van der Waals surface area contributed by atoms with Crippen LogP contribution >= 0.6 is 0 Å². The lowest BCUT2D eigenvalue weighted by atomic mass is 10.0. The SMILES string of the molecule is CCCCN1C(CCc2ccccc2)CCC1Cc1ccccc1. The summed E-state index contributed by atoms with van der Waals surface area (Å²) in [6.45, 7) is 3.58. The van der Waals surface area contributed by atoms with Crippen LogP contribution in [0.25, 0.3) is 0 Å². The van der Waals surface area contributed by atoms with Gasteiger partial charge < -0.3 is 0 Å². The molecule has 2 aromatic carbocycles. The molecule has 0 amide bonds. The highest BCUT2D eigenvalue weighted by Gasteiger charge is 2.32. The molecule has 0 radical (unpaired) electrons. The van der Waals surface area contributed by atoms with E-state index < -0.39 is 0 Å². The summed E-state index contributed by atoms with van der Waals surface area (Å²) in [5, 5.41) is 0. The molecule has 2 atom stereocenters. The molecule has 1 saturated heterocycles. The van der Waals surface area contributed by atoms with Crippen LogP contribution in [0.15, 0.2) is 60.7 Å². The zero-order chi connectivity index (χ0) is 16.6. The molecule has 1 aliphatic rings. The second-order valence-electron chi connectivity index (χ2n) is 7.19. The largest absolute Gasteiger partial charge is 0.297 e. The van der Waals surface area contributed by atoms with Gasteiger partial charge in [-0.2, -0.15) is 0 Å². The lowest BCUT2D eigenvalue weighted by molar-refractivity contribution is 0.181. The van der Waals surface area contributed by atoms with E-state index in [1.54, 1.807) is 0 Å². The molecular formula is C23H31N. The molecular weight excluding hydrogens is 290 g/mol. The summed E-state index contributed by atoms with van der Waals surface area (Å²) in [6, 6.07) is 23.5. The van der Waals surface area contributed by atoms with Crippen LogP contribution in [0.2, 0.25) is 0 Å². The summed E-state index contributed by atoms with van der Waals surface area (Å²) in [4.78, 5) is 2.83. The maximum atomic E-state index is 2.83. The van der Waals surface area contributed by atoms with Crippen LogP contribution in [0, 0.1) is 0 Å². The fraction of sp³-hybridized carbons (Fsp3) is 0.478. The van der Waals surface area contributed by atoms with E-state index in [-0.39, 0.29) is 0 Å². The molecule has 0 spiro atoms. The molecule has 3 rings (SSSR count). The monoisotopic (exact) mass is 321 g/mol. The topological polar surface area (TPSA) is 3.24 Å². The third kappa shape index (κ3) is 4.70. The Morgan fingerprint density at radius 2 is 1.46 bits per heavy atom. The summed E-state index contributed by atoms with van der Waals surface area (Å²) in [5.41, 5.74) is 2.98. The maximum Gasteiger partial charge on any atom is 0.0139 e. The van der Waals surface area contributed by atoms with Crippen molar-refractivity contribution in [2.75, 3.05) is 6.54 Å². The number of benzene rings is 2. The highest BCUT2D eigenvalue weighted by atomic mass is 15.2. The van der Waals surface area contributed by atoms with Crippen LogP contribution in [0.1, 0.15) is 50.2 Å². The third-order valence-corrected chi connectivity index (χ3v) is 5.46. The van der Waals surface area contributed by atoms with Gasteiger partial charge in [0, 0.05) is 12.1 Å². The molecule has 0 aromatic heterocycles. The van der Waals surface area contributed by atoms with Crippen LogP contribution in [-0.2, 0) is 12.8 Å². The predicted molar refractivity (Wildman–Crippen MR) is 103 cm³/mol. The molecule has 0 aliphatic carbocycles. The van der Waals surface area contributed by atoms with E-state index in [1.165, 1.54) is 62.6 Å². The van der Waals surface area contributed by atoms with Gasteiger partial charge in [-0.3, -0.25) is 4.90 Å². The predicted octanol–water partition coefficient (Wildman–Crippen LogP) is 5.50. The van der Waals surface area contributed by atoms with Crippen LogP contribution in [0.3, 0.4) is 0 Å². The van der Waals surface area contributed by atoms with Crippen molar-refractivity contribution in [3.8, 4) is 0 Å². The van der Waals surface area contributed by atoms with Crippen molar-refractivity contribution in [1.29, 1.82) is 0 Å². The summed E-state index contributed by atoms with van der Waals surface area (Å²) < 4.78 is 0. The Labute approximate surface area is 147 Å². The number of nitrogens with zero attached hydrogens (tertiary/aromatic N) is 1. The van der Waals surface area contributed by atoms with Gasteiger partial charge in [0.15, 0.2) is 0 Å². The fourth-order valence-electron chi connectivity index (χ4n) is 4.11. The molecule has 0 N–H and O–H groups in total. The molecule has 0 saturated carbocycles. The Balaban J connectivity index is 1.61. The van der Waals surface area contributed by atoms with Crippen molar-refractivity contribution in [3.05, 3.63) is 71.8 Å². The van der Waals surface area contributed by atoms with Gasteiger partial charge >= 0.3 is 0 Å². The maximum absolute atomic E-state index is 2.83. The first kappa shape index (κ1) is 17.2. The zero-order valence-electron chi connectivity index (χ0n) is 15.0. The second-order valence-corrected chi connectivity index (χ2v) is 7.19. The Bertz CT molecular complexity index is 577. The molecule has 1 heteroatoms. The third-order valence-electron chi connectivity index (χ3n) is 5.46. The Morgan fingerprint density at radius 3 is 2.12 bits per heavy atom. The summed E-state index contributed by atoms with van der Waals surface area (Å²) >= 11 is 0. The average Bonchev–Trinajstić information content (AvgIpc) is 3.01. The van der Waals surface area contributed by atoms with Crippen molar-refractivity contribution < 1.29 is 0 Å². The van der Waals surface area contributed by atoms with Gasteiger partial charge in [-0.05, 0) is 56.2 Å². The first-order chi connectivity index (χ1) is 11.9. The average molecular weight is 322 g/mol. The number of rotatable bonds is 8. The minimum Gasteiger partial charge on any atom is -0.297 e. The van der Waals surface area contributed by atoms with Crippen LogP contribution in [0.5, 0.6) is 0 Å². The number of hydrogen-bond acceptors (Lipinski definition) is 1. The number of hydrogen-bond donors (Lipinski definition) is 0. The first-order valence-electron chi connectivity index (χ1n) is 9.70. The van der Waals surface area contributed by atoms with Crippen LogP contribution < -0.4 is 0 Å². The van der Waals surface area contributed by atoms with E-state index in [0.717, 1.165) is 12.1 Å². The highest BCUT2D eigenvalue weighted by molar-refractivity contribution is 5.17. The molecule has 1 heterocycles. The van der Waals surface area contributed by atoms with Gasteiger partial charge in [-0.25, -0.2) is 0 Å². The second kappa shape index (κ2) is 9.03. The quantitative estimate of drug-likeness (QED) is 0.621. The molecule has 24 heavy (non-hydrogen) atoms. The molecule has 1 aliphatic heterocycles. The van der Waals surface area contributed by atoms with Crippen LogP contribution in [-0.4, -0.2) is 23.5 Å². The summed E-state index contributed by atoms with van der Waals surface area (Å²) in [6.07, 6.45) is 9.08. The standard InChI is InChI=1S/C23H31N/c1-2-3-18-24-22(15-14-20-10-6-4-7-11-20)16-17-23(24)19-21-12-8-5-9-13-21/h4-13,22-23H,2-3,14-19H2,1H3. The van der Waals surface area contributed by atoms with Crippen molar-refractivity contribution >= 4 is 0 Å². The van der Waals surface area contributed by atoms with E-state index >= 15 is 0 Å². The van der Waals surface area contributed by atoms with Crippen molar-refractivity contribution in [1.82, 2.24) is 4.90 Å². The normalized spacial score (nSPS) is 21.2. The molecule has 128 valence electrons. The minimum atomic E-state index is 0.736. The van der Waals surface area contributed by atoms with E-state index in [2.05, 4.69) is 72.5 Å². The Hall–Kier alpha value is -1.60. The Morgan fingerprint density at radius 1 is 0.833 bits per heavy atom. The summed E-state index contributed by atoms with van der Waals surface area (Å²) in [5.74, 6) is 0.